The Labute approximate surface area is 204 Å². The number of rotatable bonds is 11. The number of benzene rings is 1. The molecule has 0 aliphatic rings. The van der Waals surface area contributed by atoms with Crippen LogP contribution in [-0.4, -0.2) is 39.1 Å². The van der Waals surface area contributed by atoms with Crippen LogP contribution in [0.25, 0.3) is 11.2 Å². The molecule has 0 bridgehead atoms. The van der Waals surface area contributed by atoms with Crippen molar-refractivity contribution in [3.05, 3.63) is 64.9 Å². The van der Waals surface area contributed by atoms with Crippen molar-refractivity contribution in [3.8, 4) is 11.5 Å². The lowest BCUT2D eigenvalue weighted by atomic mass is 10.1. The first-order valence-corrected chi connectivity index (χ1v) is 12.3. The van der Waals surface area contributed by atoms with E-state index < -0.39 is 0 Å². The average Bonchev–Trinajstić information content (AvgIpc) is 3.15. The van der Waals surface area contributed by atoms with Crippen LogP contribution in [0.15, 0.2) is 47.8 Å². The summed E-state index contributed by atoms with van der Waals surface area (Å²) >= 11 is 3.49. The van der Waals surface area contributed by atoms with Crippen molar-refractivity contribution in [1.82, 2.24) is 19.5 Å². The van der Waals surface area contributed by atoms with Crippen molar-refractivity contribution in [1.29, 1.82) is 0 Å². The maximum atomic E-state index is 5.62. The van der Waals surface area contributed by atoms with Crippen molar-refractivity contribution >= 4 is 27.1 Å². The van der Waals surface area contributed by atoms with Crippen LogP contribution in [0.1, 0.15) is 50.7 Å². The summed E-state index contributed by atoms with van der Waals surface area (Å²) in [6.07, 6.45) is 9.44. The molecule has 0 unspecified atom stereocenters. The Kier molecular flexibility index (Phi) is 9.06. The summed E-state index contributed by atoms with van der Waals surface area (Å²) in [5.41, 5.74) is 6.33. The lowest BCUT2D eigenvalue weighted by Gasteiger charge is -2.12. The Morgan fingerprint density at radius 2 is 1.88 bits per heavy atom. The second-order valence-electron chi connectivity index (χ2n) is 8.30. The zero-order valence-electron chi connectivity index (χ0n) is 20.2. The number of aryl methyl sites for hydroxylation is 1. The summed E-state index contributed by atoms with van der Waals surface area (Å²) in [5.74, 6) is 2.56. The minimum absolute atomic E-state index is 0.614. The molecule has 0 saturated carbocycles. The highest BCUT2D eigenvalue weighted by atomic mass is 79.9. The molecule has 176 valence electrons. The van der Waals surface area contributed by atoms with Crippen LogP contribution in [-0.2, 0) is 19.4 Å². The van der Waals surface area contributed by atoms with Crippen LogP contribution in [0.4, 0.5) is 0 Å². The van der Waals surface area contributed by atoms with Crippen LogP contribution < -0.4 is 9.47 Å². The van der Waals surface area contributed by atoms with Gasteiger partial charge in [-0.2, -0.15) is 0 Å². The molecule has 33 heavy (non-hydrogen) atoms. The number of ether oxygens (including phenoxy) is 2. The molecular formula is C26H33BrN4O2. The van der Waals surface area contributed by atoms with Crippen LogP contribution in [0.3, 0.4) is 0 Å². The molecule has 6 nitrogen and oxygen atoms in total. The van der Waals surface area contributed by atoms with Crippen molar-refractivity contribution < 1.29 is 9.47 Å². The minimum Gasteiger partial charge on any atom is -0.497 e. The van der Waals surface area contributed by atoms with E-state index in [2.05, 4.69) is 63.4 Å². The first-order valence-electron chi connectivity index (χ1n) is 11.2. The molecule has 0 atom stereocenters. The second kappa shape index (κ2) is 12.0. The van der Waals surface area contributed by atoms with Crippen molar-refractivity contribution in [3.63, 3.8) is 0 Å². The highest BCUT2D eigenvalue weighted by molar-refractivity contribution is 9.09. The van der Waals surface area contributed by atoms with Gasteiger partial charge < -0.3 is 14.0 Å². The van der Waals surface area contributed by atoms with Crippen molar-refractivity contribution in [2.24, 2.45) is 0 Å². The van der Waals surface area contributed by atoms with Crippen LogP contribution in [0.2, 0.25) is 0 Å². The average molecular weight is 513 g/mol. The minimum atomic E-state index is 0.614. The highest BCUT2D eigenvalue weighted by Crippen LogP contribution is 2.28. The molecule has 2 heterocycles. The van der Waals surface area contributed by atoms with E-state index in [-0.39, 0.29) is 0 Å². The predicted molar refractivity (Wildman–Crippen MR) is 138 cm³/mol. The van der Waals surface area contributed by atoms with Gasteiger partial charge in [-0.05, 0) is 51.8 Å². The number of alkyl halides is 1. The molecule has 7 heteroatoms. The van der Waals surface area contributed by atoms with E-state index in [1.807, 2.05) is 18.2 Å². The predicted octanol–water partition coefficient (Wildman–Crippen LogP) is 6.06. The van der Waals surface area contributed by atoms with Crippen molar-refractivity contribution in [2.45, 2.75) is 53.0 Å². The van der Waals surface area contributed by atoms with Gasteiger partial charge in [0.15, 0.2) is 5.65 Å². The first-order chi connectivity index (χ1) is 16.0. The third-order valence-electron chi connectivity index (χ3n) is 5.48. The molecular weight excluding hydrogens is 480 g/mol. The van der Waals surface area contributed by atoms with Gasteiger partial charge in [-0.25, -0.2) is 15.0 Å². The molecule has 0 radical (unpaired) electrons. The second-order valence-corrected chi connectivity index (χ2v) is 9.09. The summed E-state index contributed by atoms with van der Waals surface area (Å²) in [6.45, 7) is 7.19. The number of aromatic nitrogens is 4. The monoisotopic (exact) mass is 512 g/mol. The molecule has 0 amide bonds. The standard InChI is InChI=1S/C26H33BrN4O2/c1-18(2)8-7-13-31-24(16-20-15-21(32-4)10-11-23(20)33-5)30-25-22(28-17-29-26(25)31)14-19(3)9-6-12-27/h8-11,15,17H,6-7,12-14,16H2,1-5H3. The number of imidazole rings is 1. The van der Waals surface area contributed by atoms with Crippen LogP contribution in [0, 0.1) is 0 Å². The number of allylic oxidation sites excluding steroid dienone is 4. The number of hydrogen-bond acceptors (Lipinski definition) is 5. The summed E-state index contributed by atoms with van der Waals surface area (Å²) in [5, 5.41) is 0.953. The number of hydrogen-bond donors (Lipinski definition) is 0. The van der Waals surface area contributed by atoms with Gasteiger partial charge in [-0.3, -0.25) is 0 Å². The zero-order valence-corrected chi connectivity index (χ0v) is 21.8. The van der Waals surface area contributed by atoms with Crippen LogP contribution in [0.5, 0.6) is 11.5 Å². The molecule has 0 aliphatic heterocycles. The molecule has 1 aromatic carbocycles. The molecule has 0 N–H and O–H groups in total. The lowest BCUT2D eigenvalue weighted by molar-refractivity contribution is 0.399. The fraction of sp³-hybridized carbons (Fsp3) is 0.423. The van der Waals surface area contributed by atoms with Gasteiger partial charge in [0.2, 0.25) is 0 Å². The van der Waals surface area contributed by atoms with E-state index in [0.29, 0.717) is 6.42 Å². The third kappa shape index (κ3) is 6.44. The number of methoxy groups -OCH3 is 2. The van der Waals surface area contributed by atoms with Gasteiger partial charge in [-0.15, -0.1) is 0 Å². The topological polar surface area (TPSA) is 62.1 Å². The summed E-state index contributed by atoms with van der Waals surface area (Å²) in [7, 11) is 3.36. The Balaban J connectivity index is 2.07. The maximum absolute atomic E-state index is 5.62. The van der Waals surface area contributed by atoms with Gasteiger partial charge in [-0.1, -0.05) is 39.2 Å². The van der Waals surface area contributed by atoms with E-state index >= 15 is 0 Å². The fourth-order valence-electron chi connectivity index (χ4n) is 3.84. The summed E-state index contributed by atoms with van der Waals surface area (Å²) in [6, 6.07) is 5.86. The normalized spacial score (nSPS) is 11.6. The van der Waals surface area contributed by atoms with Crippen molar-refractivity contribution in [2.75, 3.05) is 19.5 Å². The molecule has 0 spiro atoms. The fourth-order valence-corrected chi connectivity index (χ4v) is 4.07. The van der Waals surface area contributed by atoms with E-state index in [4.69, 9.17) is 14.5 Å². The number of nitrogens with zero attached hydrogens (tertiary/aromatic N) is 4. The molecule has 0 saturated heterocycles. The van der Waals surface area contributed by atoms with E-state index in [1.165, 1.54) is 11.1 Å². The van der Waals surface area contributed by atoms with E-state index in [9.17, 15) is 0 Å². The molecule has 2 aromatic heterocycles. The smallest absolute Gasteiger partial charge is 0.163 e. The number of fused-ring (bicyclic) bond motifs is 1. The quantitative estimate of drug-likeness (QED) is 0.230. The van der Waals surface area contributed by atoms with Gasteiger partial charge in [0.25, 0.3) is 0 Å². The Bertz CT molecular complexity index is 1150. The Morgan fingerprint density at radius 1 is 1.06 bits per heavy atom. The molecule has 3 rings (SSSR count). The molecule has 3 aromatic rings. The van der Waals surface area contributed by atoms with E-state index in [0.717, 1.165) is 70.9 Å². The Morgan fingerprint density at radius 3 is 2.58 bits per heavy atom. The van der Waals surface area contributed by atoms with Crippen LogP contribution >= 0.6 is 15.9 Å². The van der Waals surface area contributed by atoms with E-state index in [1.54, 1.807) is 20.5 Å². The van der Waals surface area contributed by atoms with Gasteiger partial charge in [0, 0.05) is 30.3 Å². The Hall–Kier alpha value is -2.67. The SMILES string of the molecule is COc1ccc(OC)c(Cc2nc3c(CC(C)=CCCBr)ncnc3n2CCC=C(C)C)c1. The largest absolute Gasteiger partial charge is 0.497 e. The lowest BCUT2D eigenvalue weighted by Crippen LogP contribution is -2.06. The van der Waals surface area contributed by atoms with Gasteiger partial charge >= 0.3 is 0 Å². The molecule has 0 aliphatic carbocycles. The van der Waals surface area contributed by atoms with Gasteiger partial charge in [0.05, 0.1) is 19.9 Å². The molecule has 0 fully saturated rings. The highest BCUT2D eigenvalue weighted by Gasteiger charge is 2.18. The third-order valence-corrected chi connectivity index (χ3v) is 5.93. The summed E-state index contributed by atoms with van der Waals surface area (Å²) < 4.78 is 13.3. The maximum Gasteiger partial charge on any atom is 0.163 e. The zero-order chi connectivity index (χ0) is 23.8. The first kappa shape index (κ1) is 25.0. The van der Waals surface area contributed by atoms with Gasteiger partial charge in [0.1, 0.15) is 29.2 Å². The summed E-state index contributed by atoms with van der Waals surface area (Å²) in [4.78, 5) is 14.3. The number of halogens is 1.